The minimum absolute atomic E-state index is 0.685. The van der Waals surface area contributed by atoms with Crippen molar-refractivity contribution < 1.29 is 4.74 Å². The Morgan fingerprint density at radius 2 is 2.30 bits per heavy atom. The molecule has 4 atom stereocenters. The van der Waals surface area contributed by atoms with E-state index in [9.17, 15) is 0 Å². The number of ether oxygens (including phenoxy) is 1. The molecule has 104 valence electrons. The summed E-state index contributed by atoms with van der Waals surface area (Å²) in [6.07, 6.45) is 5.61. The molecule has 20 heavy (non-hydrogen) atoms. The van der Waals surface area contributed by atoms with E-state index in [-0.39, 0.29) is 0 Å². The van der Waals surface area contributed by atoms with Crippen molar-refractivity contribution in [1.82, 2.24) is 5.32 Å². The molecular formula is C17H19NOS. The fourth-order valence-corrected chi connectivity index (χ4v) is 6.00. The number of rotatable bonds is 2. The summed E-state index contributed by atoms with van der Waals surface area (Å²) in [6, 6.07) is 10.4. The fourth-order valence-electron chi connectivity index (χ4n) is 4.80. The standard InChI is InChI=1S/C17H19NOS/c1-19-12-3-2-4-13-11(12)8-14(20-13)10-7-16-17(9-10)6-5-15(17)18-16/h2-4,8,10,15-16,18H,5-7,9H2,1H3. The number of piperidine rings is 1. The molecular weight excluding hydrogens is 266 g/mol. The maximum absolute atomic E-state index is 5.50. The second-order valence-electron chi connectivity index (χ2n) is 6.70. The third-order valence-electron chi connectivity index (χ3n) is 6.00. The second kappa shape index (κ2) is 3.77. The zero-order valence-corrected chi connectivity index (χ0v) is 12.5. The highest BCUT2D eigenvalue weighted by molar-refractivity contribution is 7.19. The molecule has 3 heteroatoms. The number of hydrogen-bond donors (Lipinski definition) is 1. The van der Waals surface area contributed by atoms with Crippen molar-refractivity contribution in [2.24, 2.45) is 5.41 Å². The van der Waals surface area contributed by atoms with Gasteiger partial charge in [-0.1, -0.05) is 6.07 Å². The van der Waals surface area contributed by atoms with Gasteiger partial charge in [0.05, 0.1) is 7.11 Å². The molecule has 0 radical (unpaired) electrons. The Morgan fingerprint density at radius 3 is 3.00 bits per heavy atom. The Kier molecular flexibility index (Phi) is 2.19. The van der Waals surface area contributed by atoms with E-state index < -0.39 is 0 Å². The van der Waals surface area contributed by atoms with Crippen LogP contribution in [0.4, 0.5) is 0 Å². The summed E-state index contributed by atoms with van der Waals surface area (Å²) in [5.41, 5.74) is 0.685. The van der Waals surface area contributed by atoms with Crippen molar-refractivity contribution >= 4 is 21.4 Å². The maximum atomic E-state index is 5.50. The zero-order chi connectivity index (χ0) is 13.3. The molecule has 3 fully saturated rings. The van der Waals surface area contributed by atoms with Crippen LogP contribution in [0.2, 0.25) is 0 Å². The van der Waals surface area contributed by atoms with Gasteiger partial charge in [0.25, 0.3) is 0 Å². The van der Waals surface area contributed by atoms with Gasteiger partial charge in [0.2, 0.25) is 0 Å². The van der Waals surface area contributed by atoms with E-state index >= 15 is 0 Å². The van der Waals surface area contributed by atoms with Gasteiger partial charge in [-0.15, -0.1) is 11.3 Å². The van der Waals surface area contributed by atoms with E-state index in [0.717, 1.165) is 23.8 Å². The van der Waals surface area contributed by atoms with Crippen LogP contribution in [0.3, 0.4) is 0 Å². The molecule has 3 aliphatic rings. The number of thiophene rings is 1. The third-order valence-corrected chi connectivity index (χ3v) is 7.26. The normalized spacial score (nSPS) is 38.0. The van der Waals surface area contributed by atoms with Gasteiger partial charge in [-0.3, -0.25) is 0 Å². The predicted octanol–water partition coefficient (Wildman–Crippen LogP) is 3.91. The second-order valence-corrected chi connectivity index (χ2v) is 7.82. The molecule has 1 aliphatic heterocycles. The topological polar surface area (TPSA) is 21.3 Å². The largest absolute Gasteiger partial charge is 0.496 e. The molecule has 0 bridgehead atoms. The van der Waals surface area contributed by atoms with Gasteiger partial charge in [-0.05, 0) is 49.8 Å². The van der Waals surface area contributed by atoms with E-state index in [2.05, 4.69) is 29.6 Å². The summed E-state index contributed by atoms with van der Waals surface area (Å²) in [5, 5.41) is 5.06. The Balaban J connectivity index is 1.53. The van der Waals surface area contributed by atoms with Crippen LogP contribution >= 0.6 is 11.3 Å². The minimum Gasteiger partial charge on any atom is -0.496 e. The SMILES string of the molecule is COc1cccc2sc(C3CC4NC5CCC54C3)cc12. The molecule has 1 aromatic carbocycles. The first-order valence-corrected chi connectivity index (χ1v) is 8.44. The third kappa shape index (κ3) is 1.28. The van der Waals surface area contributed by atoms with Crippen LogP contribution < -0.4 is 10.1 Å². The lowest BCUT2D eigenvalue weighted by Crippen LogP contribution is -2.73. The Bertz CT molecular complexity index is 693. The smallest absolute Gasteiger partial charge is 0.127 e. The van der Waals surface area contributed by atoms with E-state index in [4.69, 9.17) is 4.74 Å². The van der Waals surface area contributed by atoms with Crippen molar-refractivity contribution in [3.63, 3.8) is 0 Å². The summed E-state index contributed by atoms with van der Waals surface area (Å²) in [5.74, 6) is 1.78. The van der Waals surface area contributed by atoms with Crippen molar-refractivity contribution in [2.45, 2.75) is 43.7 Å². The van der Waals surface area contributed by atoms with Gasteiger partial charge < -0.3 is 10.1 Å². The molecule has 2 heterocycles. The molecule has 2 nitrogen and oxygen atoms in total. The highest BCUT2D eigenvalue weighted by Crippen LogP contribution is 2.64. The van der Waals surface area contributed by atoms with Gasteiger partial charge in [0.15, 0.2) is 0 Å². The van der Waals surface area contributed by atoms with E-state index in [1.807, 2.05) is 11.3 Å². The lowest BCUT2D eigenvalue weighted by Gasteiger charge is -2.62. The molecule has 0 amide bonds. The van der Waals surface area contributed by atoms with Gasteiger partial charge in [0, 0.05) is 32.5 Å². The van der Waals surface area contributed by atoms with Crippen LogP contribution in [0.5, 0.6) is 5.75 Å². The lowest BCUT2D eigenvalue weighted by atomic mass is 9.55. The molecule has 4 unspecified atom stereocenters. The molecule has 2 aliphatic carbocycles. The average Bonchev–Trinajstić information content (AvgIpc) is 3.04. The monoisotopic (exact) mass is 285 g/mol. The molecule has 1 N–H and O–H groups in total. The van der Waals surface area contributed by atoms with Crippen LogP contribution in [0.1, 0.15) is 36.5 Å². The number of hydrogen-bond acceptors (Lipinski definition) is 3. The van der Waals surface area contributed by atoms with Crippen molar-refractivity contribution in [3.05, 3.63) is 29.1 Å². The Hall–Kier alpha value is -1.06. The quantitative estimate of drug-likeness (QED) is 0.903. The van der Waals surface area contributed by atoms with Crippen molar-refractivity contribution in [1.29, 1.82) is 0 Å². The Labute approximate surface area is 123 Å². The van der Waals surface area contributed by atoms with Crippen LogP contribution in [-0.2, 0) is 0 Å². The van der Waals surface area contributed by atoms with Crippen LogP contribution in [0, 0.1) is 5.41 Å². The van der Waals surface area contributed by atoms with Crippen LogP contribution in [0.15, 0.2) is 24.3 Å². The van der Waals surface area contributed by atoms with Gasteiger partial charge in [0.1, 0.15) is 5.75 Å². The summed E-state index contributed by atoms with van der Waals surface area (Å²) in [7, 11) is 1.77. The molecule has 2 aromatic rings. The van der Waals surface area contributed by atoms with Crippen LogP contribution in [-0.4, -0.2) is 19.2 Å². The van der Waals surface area contributed by atoms with Gasteiger partial charge >= 0.3 is 0 Å². The first-order chi connectivity index (χ1) is 9.80. The molecule has 2 saturated carbocycles. The van der Waals surface area contributed by atoms with E-state index in [0.29, 0.717) is 5.41 Å². The number of nitrogens with one attached hydrogen (secondary N) is 1. The Morgan fingerprint density at radius 1 is 1.35 bits per heavy atom. The summed E-state index contributed by atoms with van der Waals surface area (Å²) < 4.78 is 6.87. The summed E-state index contributed by atoms with van der Waals surface area (Å²) >= 11 is 1.97. The summed E-state index contributed by atoms with van der Waals surface area (Å²) in [4.78, 5) is 1.57. The molecule has 1 aromatic heterocycles. The van der Waals surface area contributed by atoms with Gasteiger partial charge in [-0.2, -0.15) is 0 Å². The molecule has 5 rings (SSSR count). The molecule has 1 spiro atoms. The highest BCUT2D eigenvalue weighted by atomic mass is 32.1. The minimum atomic E-state index is 0.685. The predicted molar refractivity (Wildman–Crippen MR) is 82.7 cm³/mol. The van der Waals surface area contributed by atoms with Gasteiger partial charge in [-0.25, -0.2) is 0 Å². The summed E-state index contributed by atoms with van der Waals surface area (Å²) in [6.45, 7) is 0. The first-order valence-electron chi connectivity index (χ1n) is 7.63. The van der Waals surface area contributed by atoms with E-state index in [1.165, 1.54) is 35.8 Å². The highest BCUT2D eigenvalue weighted by Gasteiger charge is 2.64. The number of benzene rings is 1. The molecule has 1 saturated heterocycles. The maximum Gasteiger partial charge on any atom is 0.127 e. The average molecular weight is 285 g/mol. The number of methoxy groups -OCH3 is 1. The fraction of sp³-hybridized carbons (Fsp3) is 0.529. The van der Waals surface area contributed by atoms with Crippen molar-refractivity contribution in [3.8, 4) is 5.75 Å². The van der Waals surface area contributed by atoms with Crippen LogP contribution in [0.25, 0.3) is 10.1 Å². The lowest BCUT2D eigenvalue weighted by molar-refractivity contribution is -0.0567. The first kappa shape index (κ1) is 11.6. The van der Waals surface area contributed by atoms with E-state index in [1.54, 1.807) is 12.0 Å². The zero-order valence-electron chi connectivity index (χ0n) is 11.7. The number of fused-ring (bicyclic) bond motifs is 1. The van der Waals surface area contributed by atoms with Crippen molar-refractivity contribution in [2.75, 3.05) is 7.11 Å².